The highest BCUT2D eigenvalue weighted by molar-refractivity contribution is 6.33. The molecule has 4 aromatic rings. The lowest BCUT2D eigenvalue weighted by atomic mass is 10.1. The van der Waals surface area contributed by atoms with E-state index in [0.717, 1.165) is 17.8 Å². The van der Waals surface area contributed by atoms with Gasteiger partial charge in [0.05, 0.1) is 23.4 Å². The molecule has 9 heteroatoms. The Morgan fingerprint density at radius 2 is 1.84 bits per heavy atom. The molecular formula is C23H16ClF3N2O3. The summed E-state index contributed by atoms with van der Waals surface area (Å²) in [7, 11) is 1.25. The van der Waals surface area contributed by atoms with E-state index in [0.29, 0.717) is 17.0 Å². The second kappa shape index (κ2) is 8.55. The summed E-state index contributed by atoms with van der Waals surface area (Å²) < 4.78 is 51.1. The summed E-state index contributed by atoms with van der Waals surface area (Å²) in [5.41, 5.74) is 1.19. The van der Waals surface area contributed by atoms with Gasteiger partial charge in [0.2, 0.25) is 0 Å². The molecule has 0 spiro atoms. The van der Waals surface area contributed by atoms with Crippen LogP contribution in [0.3, 0.4) is 0 Å². The van der Waals surface area contributed by atoms with Gasteiger partial charge < -0.3 is 13.9 Å². The number of pyridine rings is 1. The Balaban J connectivity index is 1.71. The number of esters is 1. The number of carbonyl (C=O) groups excluding carboxylic acids is 1. The Morgan fingerprint density at radius 3 is 2.53 bits per heavy atom. The Labute approximate surface area is 186 Å². The van der Waals surface area contributed by atoms with Gasteiger partial charge >= 0.3 is 12.1 Å². The molecule has 0 atom stereocenters. The van der Waals surface area contributed by atoms with Crippen LogP contribution in [0.5, 0.6) is 5.75 Å². The van der Waals surface area contributed by atoms with Crippen LogP contribution in [0, 0.1) is 0 Å². The molecule has 2 aromatic carbocycles. The number of ether oxygens (including phenoxy) is 2. The summed E-state index contributed by atoms with van der Waals surface area (Å²) in [5.74, 6) is -0.304. The van der Waals surface area contributed by atoms with E-state index in [2.05, 4.69) is 4.98 Å². The Kier molecular flexibility index (Phi) is 5.80. The number of carbonyl (C=O) groups is 1. The van der Waals surface area contributed by atoms with E-state index in [1.807, 2.05) is 30.3 Å². The minimum Gasteiger partial charge on any atom is -0.488 e. The van der Waals surface area contributed by atoms with Gasteiger partial charge in [-0.05, 0) is 29.8 Å². The third kappa shape index (κ3) is 4.40. The average molecular weight is 461 g/mol. The van der Waals surface area contributed by atoms with Crippen molar-refractivity contribution in [1.82, 2.24) is 9.38 Å². The zero-order valence-corrected chi connectivity index (χ0v) is 17.4. The highest BCUT2D eigenvalue weighted by Gasteiger charge is 2.32. The number of aromatic nitrogens is 2. The molecule has 0 aliphatic heterocycles. The molecule has 4 rings (SSSR count). The van der Waals surface area contributed by atoms with Crippen molar-refractivity contribution in [1.29, 1.82) is 0 Å². The van der Waals surface area contributed by atoms with Crippen LogP contribution in [0.1, 0.15) is 21.5 Å². The molecule has 0 saturated heterocycles. The first kappa shape index (κ1) is 21.7. The van der Waals surface area contributed by atoms with Crippen molar-refractivity contribution in [2.75, 3.05) is 7.11 Å². The molecule has 0 radical (unpaired) electrons. The molecule has 0 aliphatic rings. The van der Waals surface area contributed by atoms with E-state index in [1.165, 1.54) is 23.8 Å². The van der Waals surface area contributed by atoms with Gasteiger partial charge in [-0.2, -0.15) is 13.2 Å². The van der Waals surface area contributed by atoms with E-state index >= 15 is 0 Å². The minimum absolute atomic E-state index is 0.137. The summed E-state index contributed by atoms with van der Waals surface area (Å²) in [6.45, 7) is 0.244. The Hall–Kier alpha value is -3.52. The standard InChI is InChI=1S/C23H16ClF3N2O3/c1-31-22(30)17-9-15(7-8-20(17)32-13-14-5-3-2-4-6-14)19-12-29-11-16(23(25,26)27)10-18(24)21(29)28-19/h2-12H,13H2,1H3. The zero-order valence-electron chi connectivity index (χ0n) is 16.7. The highest BCUT2D eigenvalue weighted by Crippen LogP contribution is 2.34. The lowest BCUT2D eigenvalue weighted by Gasteiger charge is -2.11. The maximum atomic E-state index is 13.1. The minimum atomic E-state index is -4.54. The van der Waals surface area contributed by atoms with Crippen LogP contribution < -0.4 is 4.74 Å². The topological polar surface area (TPSA) is 52.8 Å². The Bertz CT molecular complexity index is 1290. The molecule has 0 unspecified atom stereocenters. The molecule has 0 saturated carbocycles. The van der Waals surface area contributed by atoms with Gasteiger partial charge in [0.25, 0.3) is 0 Å². The van der Waals surface area contributed by atoms with Gasteiger partial charge in [-0.3, -0.25) is 0 Å². The number of alkyl halides is 3. The summed E-state index contributed by atoms with van der Waals surface area (Å²) in [6, 6.07) is 15.0. The second-order valence-electron chi connectivity index (χ2n) is 6.91. The molecule has 2 heterocycles. The first-order valence-electron chi connectivity index (χ1n) is 9.41. The van der Waals surface area contributed by atoms with Gasteiger partial charge in [0.1, 0.15) is 17.9 Å². The number of methoxy groups -OCH3 is 1. The Morgan fingerprint density at radius 1 is 1.09 bits per heavy atom. The number of halogens is 4. The van der Waals surface area contributed by atoms with Gasteiger partial charge in [-0.15, -0.1) is 0 Å². The maximum absolute atomic E-state index is 13.1. The first-order chi connectivity index (χ1) is 15.3. The van der Waals surface area contributed by atoms with Gasteiger partial charge in [0, 0.05) is 18.0 Å². The van der Waals surface area contributed by atoms with E-state index < -0.39 is 17.7 Å². The van der Waals surface area contributed by atoms with Crippen molar-refractivity contribution >= 4 is 23.2 Å². The molecule has 0 aliphatic carbocycles. The molecule has 0 fully saturated rings. The summed E-state index contributed by atoms with van der Waals surface area (Å²) in [4.78, 5) is 16.7. The number of nitrogens with zero attached hydrogens (tertiary/aromatic N) is 2. The smallest absolute Gasteiger partial charge is 0.417 e. The third-order valence-electron chi connectivity index (χ3n) is 4.75. The number of hydrogen-bond donors (Lipinski definition) is 0. The number of hydrogen-bond acceptors (Lipinski definition) is 4. The second-order valence-corrected chi connectivity index (χ2v) is 7.32. The largest absolute Gasteiger partial charge is 0.488 e. The van der Waals surface area contributed by atoms with Crippen molar-refractivity contribution in [3.05, 3.63) is 88.7 Å². The van der Waals surface area contributed by atoms with Gasteiger partial charge in [0.15, 0.2) is 5.65 Å². The van der Waals surface area contributed by atoms with Crippen LogP contribution in [-0.2, 0) is 17.5 Å². The number of fused-ring (bicyclic) bond motifs is 1. The lowest BCUT2D eigenvalue weighted by molar-refractivity contribution is -0.137. The predicted octanol–water partition coefficient (Wildman–Crippen LogP) is 6.04. The van der Waals surface area contributed by atoms with Crippen LogP contribution in [0.25, 0.3) is 16.9 Å². The molecule has 164 valence electrons. The fraction of sp³-hybridized carbons (Fsp3) is 0.130. The monoisotopic (exact) mass is 460 g/mol. The quantitative estimate of drug-likeness (QED) is 0.341. The third-order valence-corrected chi connectivity index (χ3v) is 5.03. The highest BCUT2D eigenvalue weighted by atomic mass is 35.5. The van der Waals surface area contributed by atoms with Gasteiger partial charge in [-0.25, -0.2) is 9.78 Å². The van der Waals surface area contributed by atoms with Crippen molar-refractivity contribution in [2.24, 2.45) is 0 Å². The molecule has 32 heavy (non-hydrogen) atoms. The predicted molar refractivity (Wildman–Crippen MR) is 113 cm³/mol. The van der Waals surface area contributed by atoms with Gasteiger partial charge in [-0.1, -0.05) is 41.9 Å². The normalized spacial score (nSPS) is 11.5. The molecular weight excluding hydrogens is 445 g/mol. The first-order valence-corrected chi connectivity index (χ1v) is 9.79. The number of rotatable bonds is 5. The van der Waals surface area contributed by atoms with Crippen LogP contribution in [0.15, 0.2) is 67.0 Å². The van der Waals surface area contributed by atoms with Crippen molar-refractivity contribution < 1.29 is 27.4 Å². The van der Waals surface area contributed by atoms with Crippen molar-refractivity contribution in [3.8, 4) is 17.0 Å². The number of benzene rings is 2. The van der Waals surface area contributed by atoms with E-state index in [-0.39, 0.29) is 22.8 Å². The molecule has 0 N–H and O–H groups in total. The number of imidazole rings is 1. The van der Waals surface area contributed by atoms with E-state index in [9.17, 15) is 18.0 Å². The maximum Gasteiger partial charge on any atom is 0.417 e. The zero-order chi connectivity index (χ0) is 22.9. The fourth-order valence-electron chi connectivity index (χ4n) is 3.17. The van der Waals surface area contributed by atoms with E-state index in [1.54, 1.807) is 12.1 Å². The van der Waals surface area contributed by atoms with E-state index in [4.69, 9.17) is 21.1 Å². The van der Waals surface area contributed by atoms with Crippen LogP contribution >= 0.6 is 11.6 Å². The SMILES string of the molecule is COC(=O)c1cc(-c2cn3cc(C(F)(F)F)cc(Cl)c3n2)ccc1OCc1ccccc1. The fourth-order valence-corrected chi connectivity index (χ4v) is 3.43. The molecule has 0 bridgehead atoms. The van der Waals surface area contributed by atoms with Crippen LogP contribution in [0.2, 0.25) is 5.02 Å². The molecule has 5 nitrogen and oxygen atoms in total. The van der Waals surface area contributed by atoms with Crippen molar-refractivity contribution in [2.45, 2.75) is 12.8 Å². The summed E-state index contributed by atoms with van der Waals surface area (Å²) in [6.07, 6.45) is -2.22. The van der Waals surface area contributed by atoms with Crippen LogP contribution in [0.4, 0.5) is 13.2 Å². The lowest BCUT2D eigenvalue weighted by Crippen LogP contribution is -2.06. The average Bonchev–Trinajstić information content (AvgIpc) is 3.22. The summed E-state index contributed by atoms with van der Waals surface area (Å²) >= 11 is 6.02. The summed E-state index contributed by atoms with van der Waals surface area (Å²) in [5, 5.41) is -0.137. The molecule has 0 amide bonds. The van der Waals surface area contributed by atoms with Crippen molar-refractivity contribution in [3.63, 3.8) is 0 Å². The van der Waals surface area contributed by atoms with Crippen LogP contribution in [-0.4, -0.2) is 22.5 Å². The molecule has 2 aromatic heterocycles.